The van der Waals surface area contributed by atoms with E-state index in [1.165, 1.54) is 30.3 Å². The lowest BCUT2D eigenvalue weighted by atomic mass is 10.2. The molecule has 3 aromatic rings. The van der Waals surface area contributed by atoms with Gasteiger partial charge in [0.1, 0.15) is 11.4 Å². The normalized spacial score (nSPS) is 10.7. The molecule has 0 aliphatic rings. The molecular weight excluding hydrogens is 410 g/mol. The van der Waals surface area contributed by atoms with Crippen LogP contribution in [0, 0.1) is 12.7 Å². The van der Waals surface area contributed by atoms with Crippen LogP contribution in [-0.4, -0.2) is 15.9 Å². The summed E-state index contributed by atoms with van der Waals surface area (Å²) < 4.78 is 20.4. The molecule has 10 heteroatoms. The van der Waals surface area contributed by atoms with Crippen molar-refractivity contribution in [3.8, 4) is 11.5 Å². The minimum atomic E-state index is -0.745. The van der Waals surface area contributed by atoms with Crippen LogP contribution < -0.4 is 21.5 Å². The van der Waals surface area contributed by atoms with Crippen LogP contribution in [0.5, 0.6) is 11.5 Å². The molecule has 0 spiro atoms. The first-order valence-electron chi connectivity index (χ1n) is 8.02. The summed E-state index contributed by atoms with van der Waals surface area (Å²) >= 11 is 12.0. The van der Waals surface area contributed by atoms with E-state index in [0.29, 0.717) is 16.4 Å². The average molecular weight is 425 g/mol. The predicted molar refractivity (Wildman–Crippen MR) is 105 cm³/mol. The van der Waals surface area contributed by atoms with E-state index < -0.39 is 17.4 Å². The Bertz CT molecular complexity index is 1090. The molecule has 7 nitrogen and oxygen atoms in total. The second kappa shape index (κ2) is 7.95. The van der Waals surface area contributed by atoms with Crippen molar-refractivity contribution >= 4 is 34.8 Å². The molecule has 0 bridgehead atoms. The number of aryl methyl sites for hydroxylation is 1. The van der Waals surface area contributed by atoms with Gasteiger partial charge in [-0.05, 0) is 25.1 Å². The monoisotopic (exact) mass is 424 g/mol. The predicted octanol–water partition coefficient (Wildman–Crippen LogP) is 3.76. The first kappa shape index (κ1) is 19.8. The number of ether oxygens (including phenoxy) is 1. The van der Waals surface area contributed by atoms with Crippen LogP contribution in [0.3, 0.4) is 0 Å². The first-order valence-corrected chi connectivity index (χ1v) is 8.78. The number of nitrogens with two attached hydrogens (primary N) is 1. The fourth-order valence-corrected chi connectivity index (χ4v) is 2.94. The number of carbonyl (C=O) groups is 1. The van der Waals surface area contributed by atoms with Crippen LogP contribution in [0.15, 0.2) is 35.1 Å². The molecule has 0 saturated carbocycles. The fraction of sp³-hybridized carbons (Fsp3) is 0.111. The Morgan fingerprint density at radius 1 is 1.25 bits per heavy atom. The quantitative estimate of drug-likeness (QED) is 0.466. The Labute approximate surface area is 168 Å². The molecule has 0 radical (unpaired) electrons. The number of nitrogen functional groups attached to an aromatic ring is 1. The summed E-state index contributed by atoms with van der Waals surface area (Å²) in [5.74, 6) is -1.31. The van der Waals surface area contributed by atoms with E-state index >= 15 is 0 Å². The van der Waals surface area contributed by atoms with Gasteiger partial charge in [0.2, 0.25) is 0 Å². The molecule has 0 fully saturated rings. The van der Waals surface area contributed by atoms with Gasteiger partial charge < -0.3 is 25.8 Å². The van der Waals surface area contributed by atoms with Gasteiger partial charge in [0, 0.05) is 34.6 Å². The van der Waals surface area contributed by atoms with E-state index in [1.807, 2.05) is 0 Å². The summed E-state index contributed by atoms with van der Waals surface area (Å²) in [5.41, 5.74) is 6.13. The number of aromatic nitrogens is 2. The first-order chi connectivity index (χ1) is 13.2. The van der Waals surface area contributed by atoms with Crippen molar-refractivity contribution in [3.63, 3.8) is 0 Å². The second-order valence-corrected chi connectivity index (χ2v) is 6.78. The summed E-state index contributed by atoms with van der Waals surface area (Å²) in [6, 6.07) is 7.32. The van der Waals surface area contributed by atoms with Gasteiger partial charge in [-0.15, -0.1) is 0 Å². The van der Waals surface area contributed by atoms with E-state index in [9.17, 15) is 14.0 Å². The molecular formula is C18H15Cl2FN4O3. The van der Waals surface area contributed by atoms with E-state index in [0.717, 1.165) is 0 Å². The molecule has 1 amide bonds. The smallest absolute Gasteiger partial charge is 0.323 e. The third kappa shape index (κ3) is 4.29. The highest BCUT2D eigenvalue weighted by molar-refractivity contribution is 6.32. The maximum Gasteiger partial charge on any atom is 0.323 e. The molecule has 2 aromatic carbocycles. The lowest BCUT2D eigenvalue weighted by Crippen LogP contribution is -2.25. The molecule has 1 aromatic heterocycles. The molecule has 146 valence electrons. The number of H-pyrrole nitrogens is 2. The zero-order chi connectivity index (χ0) is 20.4. The Balaban J connectivity index is 1.81. The number of amides is 1. The summed E-state index contributed by atoms with van der Waals surface area (Å²) in [5, 5.41) is 2.89. The molecule has 3 rings (SSSR count). The summed E-state index contributed by atoms with van der Waals surface area (Å²) in [6.45, 7) is 1.42. The van der Waals surface area contributed by atoms with Crippen LogP contribution >= 0.6 is 23.2 Å². The standard InChI is InChI=1S/C18H15Cl2FN4O3/c1-8-15(25-18(27)24-8)17(26)23-7-9-2-3-13(20)16(14(9)21)28-12-5-10(19)4-11(22)6-12/h2-6H,7,22H2,1H3,(H,23,26)(H2,24,25,27). The maximum absolute atomic E-state index is 14.9. The Morgan fingerprint density at radius 3 is 2.64 bits per heavy atom. The number of aromatic amines is 2. The third-order valence-electron chi connectivity index (χ3n) is 3.82. The van der Waals surface area contributed by atoms with Crippen molar-refractivity contribution < 1.29 is 13.9 Å². The largest absolute Gasteiger partial charge is 0.453 e. The number of halogens is 3. The molecule has 0 aliphatic heterocycles. The zero-order valence-electron chi connectivity index (χ0n) is 14.5. The number of nitrogens with one attached hydrogen (secondary N) is 3. The number of benzene rings is 2. The minimum Gasteiger partial charge on any atom is -0.453 e. The highest BCUT2D eigenvalue weighted by atomic mass is 35.5. The minimum absolute atomic E-state index is 0.0388. The van der Waals surface area contributed by atoms with Crippen LogP contribution in [0.1, 0.15) is 21.7 Å². The fourth-order valence-electron chi connectivity index (χ4n) is 2.53. The van der Waals surface area contributed by atoms with Gasteiger partial charge in [-0.2, -0.15) is 0 Å². The highest BCUT2D eigenvalue weighted by Gasteiger charge is 2.17. The molecule has 0 aliphatic carbocycles. The van der Waals surface area contributed by atoms with Crippen molar-refractivity contribution in [1.82, 2.24) is 15.3 Å². The van der Waals surface area contributed by atoms with Crippen molar-refractivity contribution in [1.29, 1.82) is 0 Å². The lowest BCUT2D eigenvalue weighted by molar-refractivity contribution is 0.0945. The molecule has 0 unspecified atom stereocenters. The van der Waals surface area contributed by atoms with E-state index in [-0.39, 0.29) is 34.3 Å². The maximum atomic E-state index is 14.9. The number of carbonyl (C=O) groups excluding carboxylic acids is 1. The van der Waals surface area contributed by atoms with Gasteiger partial charge in [-0.1, -0.05) is 29.3 Å². The Morgan fingerprint density at radius 2 is 2.00 bits per heavy atom. The van der Waals surface area contributed by atoms with Crippen molar-refractivity contribution in [3.05, 3.63) is 73.6 Å². The van der Waals surface area contributed by atoms with E-state index in [4.69, 9.17) is 33.7 Å². The zero-order valence-corrected chi connectivity index (χ0v) is 16.0. The topological polar surface area (TPSA) is 113 Å². The van der Waals surface area contributed by atoms with Crippen molar-refractivity contribution in [2.75, 3.05) is 5.73 Å². The number of hydrogen-bond acceptors (Lipinski definition) is 4. The van der Waals surface area contributed by atoms with Crippen LogP contribution in [0.2, 0.25) is 10.0 Å². The van der Waals surface area contributed by atoms with Crippen LogP contribution in [0.4, 0.5) is 10.1 Å². The molecule has 5 N–H and O–H groups in total. The van der Waals surface area contributed by atoms with Gasteiger partial charge in [0.05, 0.1) is 5.02 Å². The summed E-state index contributed by atoms with van der Waals surface area (Å²) in [7, 11) is 0. The van der Waals surface area contributed by atoms with Crippen molar-refractivity contribution in [2.45, 2.75) is 13.5 Å². The van der Waals surface area contributed by atoms with Crippen molar-refractivity contribution in [2.24, 2.45) is 0 Å². The van der Waals surface area contributed by atoms with Gasteiger partial charge in [0.15, 0.2) is 11.6 Å². The highest BCUT2D eigenvalue weighted by Crippen LogP contribution is 2.35. The molecule has 1 heterocycles. The lowest BCUT2D eigenvalue weighted by Gasteiger charge is -2.13. The van der Waals surface area contributed by atoms with E-state index in [2.05, 4.69) is 15.3 Å². The number of rotatable bonds is 5. The summed E-state index contributed by atoms with van der Waals surface area (Å²) in [4.78, 5) is 28.2. The second-order valence-electron chi connectivity index (χ2n) is 5.93. The molecule has 28 heavy (non-hydrogen) atoms. The molecule has 0 saturated heterocycles. The molecule has 0 atom stereocenters. The van der Waals surface area contributed by atoms with Crippen LogP contribution in [0.25, 0.3) is 0 Å². The van der Waals surface area contributed by atoms with Gasteiger partial charge >= 0.3 is 5.69 Å². The third-order valence-corrected chi connectivity index (χ3v) is 4.34. The number of anilines is 1. The SMILES string of the molecule is Cc1[nH]c(=O)[nH]c1C(=O)NCc1ccc(Cl)c(Oc2cc(N)cc(Cl)c2)c1F. The number of hydrogen-bond donors (Lipinski definition) is 4. The summed E-state index contributed by atoms with van der Waals surface area (Å²) in [6.07, 6.45) is 0. The number of imidazole rings is 1. The van der Waals surface area contributed by atoms with Gasteiger partial charge in [-0.25, -0.2) is 9.18 Å². The van der Waals surface area contributed by atoms with Crippen LogP contribution in [-0.2, 0) is 6.54 Å². The van der Waals surface area contributed by atoms with Gasteiger partial charge in [0.25, 0.3) is 5.91 Å². The Hall–Kier alpha value is -2.97. The Kier molecular flexibility index (Phi) is 5.62. The van der Waals surface area contributed by atoms with E-state index in [1.54, 1.807) is 6.92 Å². The average Bonchev–Trinajstić information content (AvgIpc) is 2.95. The van der Waals surface area contributed by atoms with Gasteiger partial charge in [-0.3, -0.25) is 4.79 Å².